The lowest BCUT2D eigenvalue weighted by Gasteiger charge is -2.24. The van der Waals surface area contributed by atoms with Crippen molar-refractivity contribution in [1.82, 2.24) is 0 Å². The molecule has 204 valence electrons. The Hall–Kier alpha value is -3.60. The van der Waals surface area contributed by atoms with Gasteiger partial charge in [0.15, 0.2) is 0 Å². The van der Waals surface area contributed by atoms with Crippen LogP contribution in [0.15, 0.2) is 66.8 Å². The van der Waals surface area contributed by atoms with Crippen molar-refractivity contribution < 1.29 is 31.9 Å². The van der Waals surface area contributed by atoms with Crippen LogP contribution in [-0.4, -0.2) is 23.7 Å². The molecule has 0 heterocycles. The Bertz CT molecular complexity index is 1180. The SMILES string of the molecule is C#C\C=C/C(C=C)=C\C=C\[C@@H](C(=O)Nc1cc(CC2(C(=O)OC(C)(C)C)CC2)ccc1F)[C@@H](C)C(F)(F)F. The lowest BCUT2D eigenvalue weighted by Crippen LogP contribution is -2.35. The van der Waals surface area contributed by atoms with Crippen LogP contribution < -0.4 is 5.32 Å². The van der Waals surface area contributed by atoms with E-state index in [0.717, 1.165) is 19.1 Å². The number of ether oxygens (including phenoxy) is 1. The van der Waals surface area contributed by atoms with Crippen molar-refractivity contribution in [2.24, 2.45) is 17.3 Å². The molecule has 4 nitrogen and oxygen atoms in total. The maximum absolute atomic E-state index is 14.6. The van der Waals surface area contributed by atoms with E-state index >= 15 is 0 Å². The van der Waals surface area contributed by atoms with Gasteiger partial charge < -0.3 is 10.1 Å². The number of alkyl halides is 3. The third-order valence-corrected chi connectivity index (χ3v) is 6.09. The molecule has 1 aliphatic carbocycles. The molecule has 2 rings (SSSR count). The molecule has 1 amide bonds. The zero-order chi connectivity index (χ0) is 28.7. The normalized spacial score (nSPS) is 17.1. The first kappa shape index (κ1) is 30.6. The predicted octanol–water partition coefficient (Wildman–Crippen LogP) is 7.10. The number of carbonyl (C=O) groups excluding carboxylic acids is 2. The largest absolute Gasteiger partial charge is 0.460 e. The molecule has 0 aliphatic heterocycles. The van der Waals surface area contributed by atoms with Gasteiger partial charge in [-0.25, -0.2) is 4.39 Å². The Morgan fingerprint density at radius 1 is 1.26 bits per heavy atom. The number of rotatable bonds is 10. The van der Waals surface area contributed by atoms with Crippen LogP contribution in [0.1, 0.15) is 46.1 Å². The van der Waals surface area contributed by atoms with E-state index < -0.39 is 40.8 Å². The third-order valence-electron chi connectivity index (χ3n) is 6.09. The molecule has 1 fully saturated rings. The minimum Gasteiger partial charge on any atom is -0.460 e. The van der Waals surface area contributed by atoms with E-state index in [-0.39, 0.29) is 18.1 Å². The first-order valence-corrected chi connectivity index (χ1v) is 12.1. The van der Waals surface area contributed by atoms with Crippen LogP contribution in [0.3, 0.4) is 0 Å². The quantitative estimate of drug-likeness (QED) is 0.152. The number of esters is 1. The fraction of sp³-hybridized carbons (Fsp3) is 0.400. The lowest BCUT2D eigenvalue weighted by atomic mass is 9.91. The van der Waals surface area contributed by atoms with E-state index in [9.17, 15) is 27.2 Å². The van der Waals surface area contributed by atoms with Crippen molar-refractivity contribution in [3.05, 3.63) is 78.2 Å². The highest BCUT2D eigenvalue weighted by Crippen LogP contribution is 2.50. The summed E-state index contributed by atoms with van der Waals surface area (Å²) in [6.45, 7) is 9.78. The van der Waals surface area contributed by atoms with Crippen molar-refractivity contribution in [3.63, 3.8) is 0 Å². The Labute approximate surface area is 221 Å². The average molecular weight is 532 g/mol. The van der Waals surface area contributed by atoms with Crippen molar-refractivity contribution in [2.45, 2.75) is 58.7 Å². The van der Waals surface area contributed by atoms with E-state index in [1.54, 1.807) is 20.8 Å². The second kappa shape index (κ2) is 12.3. The highest BCUT2D eigenvalue weighted by molar-refractivity contribution is 5.94. The standard InChI is InChI=1S/C30H33F4NO3/c1-7-9-11-21(8-2)12-10-13-23(20(3)30(32,33)34)26(36)35-25-18-22(14-15-24(25)31)19-29(16-17-29)27(37)38-28(4,5)6/h1,8-15,18,20,23H,2,16-17,19H2,3-6H3,(H,35,36)/b11-9-,13-10+,21-12-/t20-,23-/m1/s1. The van der Waals surface area contributed by atoms with Gasteiger partial charge in [-0.2, -0.15) is 13.2 Å². The Morgan fingerprint density at radius 2 is 1.92 bits per heavy atom. The molecule has 1 N–H and O–H groups in total. The number of hydrogen-bond acceptors (Lipinski definition) is 3. The van der Waals surface area contributed by atoms with Gasteiger partial charge in [0.25, 0.3) is 0 Å². The number of hydrogen-bond donors (Lipinski definition) is 1. The van der Waals surface area contributed by atoms with E-state index in [0.29, 0.717) is 24.0 Å². The molecular weight excluding hydrogens is 498 g/mol. The fourth-order valence-corrected chi connectivity index (χ4v) is 3.68. The van der Waals surface area contributed by atoms with Gasteiger partial charge in [-0.05, 0) is 75.5 Å². The number of anilines is 1. The molecule has 1 saturated carbocycles. The van der Waals surface area contributed by atoms with Crippen LogP contribution in [-0.2, 0) is 20.7 Å². The molecule has 0 unspecified atom stereocenters. The van der Waals surface area contributed by atoms with E-state index in [4.69, 9.17) is 11.2 Å². The summed E-state index contributed by atoms with van der Waals surface area (Å²) in [5.74, 6) is -3.58. The number of terminal acetylenes is 1. The number of nitrogens with one attached hydrogen (secondary N) is 1. The fourth-order valence-electron chi connectivity index (χ4n) is 3.68. The number of carbonyl (C=O) groups is 2. The summed E-state index contributed by atoms with van der Waals surface area (Å²) < 4.78 is 60.7. The summed E-state index contributed by atoms with van der Waals surface area (Å²) in [7, 11) is 0. The maximum atomic E-state index is 14.6. The molecule has 2 atom stereocenters. The van der Waals surface area contributed by atoms with Crippen LogP contribution in [0.5, 0.6) is 0 Å². The zero-order valence-corrected chi connectivity index (χ0v) is 22.0. The Balaban J connectivity index is 2.28. The van der Waals surface area contributed by atoms with Gasteiger partial charge in [0.05, 0.1) is 22.9 Å². The first-order chi connectivity index (χ1) is 17.6. The summed E-state index contributed by atoms with van der Waals surface area (Å²) in [5.41, 5.74) is -0.577. The number of halogens is 4. The number of benzene rings is 1. The van der Waals surface area contributed by atoms with Crippen LogP contribution >= 0.6 is 0 Å². The van der Waals surface area contributed by atoms with Gasteiger partial charge in [0.1, 0.15) is 11.4 Å². The van der Waals surface area contributed by atoms with Crippen LogP contribution in [0.2, 0.25) is 0 Å². The van der Waals surface area contributed by atoms with Gasteiger partial charge >= 0.3 is 12.1 Å². The molecule has 0 radical (unpaired) electrons. The molecule has 0 spiro atoms. The Morgan fingerprint density at radius 3 is 2.45 bits per heavy atom. The van der Waals surface area contributed by atoms with E-state index in [1.807, 2.05) is 0 Å². The van der Waals surface area contributed by atoms with Crippen LogP contribution in [0, 0.1) is 35.4 Å². The average Bonchev–Trinajstić information content (AvgIpc) is 3.59. The molecule has 38 heavy (non-hydrogen) atoms. The molecular formula is C30H33F4NO3. The zero-order valence-electron chi connectivity index (χ0n) is 22.0. The van der Waals surface area contributed by atoms with Crippen molar-refractivity contribution in [1.29, 1.82) is 0 Å². The molecule has 1 aromatic rings. The summed E-state index contributed by atoms with van der Waals surface area (Å²) in [4.78, 5) is 25.6. The topological polar surface area (TPSA) is 55.4 Å². The maximum Gasteiger partial charge on any atom is 0.392 e. The highest BCUT2D eigenvalue weighted by atomic mass is 19.4. The monoisotopic (exact) mass is 531 g/mol. The van der Waals surface area contributed by atoms with Crippen molar-refractivity contribution in [2.75, 3.05) is 5.32 Å². The highest BCUT2D eigenvalue weighted by Gasteiger charge is 2.52. The van der Waals surface area contributed by atoms with Crippen molar-refractivity contribution in [3.8, 4) is 12.3 Å². The summed E-state index contributed by atoms with van der Waals surface area (Å²) >= 11 is 0. The molecule has 0 saturated heterocycles. The number of amides is 1. The molecule has 1 aliphatic rings. The van der Waals surface area contributed by atoms with E-state index in [2.05, 4.69) is 17.8 Å². The summed E-state index contributed by atoms with van der Waals surface area (Å²) in [6, 6.07) is 3.94. The van der Waals surface area contributed by atoms with Gasteiger partial charge in [0.2, 0.25) is 5.91 Å². The predicted molar refractivity (Wildman–Crippen MR) is 140 cm³/mol. The lowest BCUT2D eigenvalue weighted by molar-refractivity contribution is -0.181. The molecule has 0 aromatic heterocycles. The third kappa shape index (κ3) is 8.76. The van der Waals surface area contributed by atoms with Crippen LogP contribution in [0.25, 0.3) is 0 Å². The van der Waals surface area contributed by atoms with Crippen molar-refractivity contribution >= 4 is 17.6 Å². The Kier molecular flexibility index (Phi) is 9.91. The minimum atomic E-state index is -4.67. The minimum absolute atomic E-state index is 0.258. The smallest absolute Gasteiger partial charge is 0.392 e. The van der Waals surface area contributed by atoms with Crippen LogP contribution in [0.4, 0.5) is 23.2 Å². The first-order valence-electron chi connectivity index (χ1n) is 12.1. The van der Waals surface area contributed by atoms with E-state index in [1.165, 1.54) is 42.5 Å². The second-order valence-corrected chi connectivity index (χ2v) is 10.4. The molecule has 8 heteroatoms. The van der Waals surface area contributed by atoms with Gasteiger partial charge in [0, 0.05) is 0 Å². The summed E-state index contributed by atoms with van der Waals surface area (Å²) in [5, 5.41) is 2.30. The number of allylic oxidation sites excluding steroid dienone is 6. The summed E-state index contributed by atoms with van der Waals surface area (Å²) in [6.07, 6.45) is 10.2. The van der Waals surface area contributed by atoms with Gasteiger partial charge in [-0.1, -0.05) is 49.8 Å². The molecule has 0 bridgehead atoms. The van der Waals surface area contributed by atoms with Gasteiger partial charge in [-0.15, -0.1) is 6.42 Å². The second-order valence-electron chi connectivity index (χ2n) is 10.4. The van der Waals surface area contributed by atoms with Gasteiger partial charge in [-0.3, -0.25) is 9.59 Å². The molecule has 1 aromatic carbocycles.